The van der Waals surface area contributed by atoms with E-state index in [2.05, 4.69) is 10.3 Å². The minimum atomic E-state index is -0.172. The Labute approximate surface area is 134 Å². The number of imidazole rings is 1. The van der Waals surface area contributed by atoms with Crippen LogP contribution in [0.25, 0.3) is 0 Å². The van der Waals surface area contributed by atoms with E-state index in [1.807, 2.05) is 22.9 Å². The topological polar surface area (TPSA) is 67.2 Å². The number of aromatic nitrogens is 2. The molecule has 1 aromatic heterocycles. The van der Waals surface area contributed by atoms with E-state index in [9.17, 15) is 4.79 Å². The predicted octanol–water partition coefficient (Wildman–Crippen LogP) is 2.68. The van der Waals surface area contributed by atoms with Gasteiger partial charge in [0.15, 0.2) is 0 Å². The molecule has 1 amide bonds. The van der Waals surface area contributed by atoms with E-state index < -0.39 is 0 Å². The van der Waals surface area contributed by atoms with Gasteiger partial charge in [-0.05, 0) is 35.4 Å². The van der Waals surface area contributed by atoms with Gasteiger partial charge < -0.3 is 15.0 Å². The number of carbonyl (C=O) groups excluding carboxylic acids is 1. The molecule has 0 fully saturated rings. The lowest BCUT2D eigenvalue weighted by molar-refractivity contribution is 0.102. The van der Waals surface area contributed by atoms with Gasteiger partial charge in [-0.3, -0.25) is 4.79 Å². The number of aliphatic hydroxyl groups excluding tert-OH is 1. The Balaban J connectivity index is 1.67. The number of benzene rings is 2. The lowest BCUT2D eigenvalue weighted by Gasteiger charge is -2.08. The van der Waals surface area contributed by atoms with Crippen molar-refractivity contribution in [1.29, 1.82) is 0 Å². The molecule has 116 valence electrons. The molecule has 0 saturated heterocycles. The lowest BCUT2D eigenvalue weighted by atomic mass is 10.1. The van der Waals surface area contributed by atoms with E-state index in [0.717, 1.165) is 17.7 Å². The van der Waals surface area contributed by atoms with Crippen molar-refractivity contribution < 1.29 is 9.90 Å². The fraction of sp³-hybridized carbons (Fsp3) is 0.111. The molecule has 0 atom stereocenters. The number of amides is 1. The molecule has 0 aliphatic carbocycles. The molecular formula is C18H17N3O2. The molecule has 2 aromatic carbocycles. The molecular weight excluding hydrogens is 290 g/mol. The first-order valence-electron chi connectivity index (χ1n) is 7.30. The van der Waals surface area contributed by atoms with E-state index in [-0.39, 0.29) is 12.5 Å². The number of hydrogen-bond donors (Lipinski definition) is 2. The molecule has 23 heavy (non-hydrogen) atoms. The van der Waals surface area contributed by atoms with E-state index in [1.54, 1.807) is 48.9 Å². The van der Waals surface area contributed by atoms with Crippen molar-refractivity contribution in [3.05, 3.63) is 83.9 Å². The minimum Gasteiger partial charge on any atom is -0.392 e. The van der Waals surface area contributed by atoms with E-state index >= 15 is 0 Å². The maximum Gasteiger partial charge on any atom is 0.255 e. The first-order valence-corrected chi connectivity index (χ1v) is 7.30. The molecule has 3 rings (SSSR count). The monoisotopic (exact) mass is 307 g/mol. The summed E-state index contributed by atoms with van der Waals surface area (Å²) in [6, 6.07) is 14.6. The van der Waals surface area contributed by atoms with Gasteiger partial charge in [0.1, 0.15) is 0 Å². The maximum atomic E-state index is 12.3. The van der Waals surface area contributed by atoms with Crippen molar-refractivity contribution in [2.75, 3.05) is 5.32 Å². The molecule has 0 aliphatic rings. The smallest absolute Gasteiger partial charge is 0.255 e. The Morgan fingerprint density at radius 2 is 1.96 bits per heavy atom. The lowest BCUT2D eigenvalue weighted by Crippen LogP contribution is -2.12. The summed E-state index contributed by atoms with van der Waals surface area (Å²) in [4.78, 5) is 16.3. The van der Waals surface area contributed by atoms with Crippen LogP contribution in [0.1, 0.15) is 21.5 Å². The molecule has 2 N–H and O–H groups in total. The molecule has 0 bridgehead atoms. The van der Waals surface area contributed by atoms with E-state index in [1.165, 1.54) is 0 Å². The van der Waals surface area contributed by atoms with Crippen LogP contribution in [0.5, 0.6) is 0 Å². The number of hydrogen-bond acceptors (Lipinski definition) is 3. The van der Waals surface area contributed by atoms with Gasteiger partial charge in [0.05, 0.1) is 12.9 Å². The van der Waals surface area contributed by atoms with Crippen LogP contribution in [-0.4, -0.2) is 20.6 Å². The van der Waals surface area contributed by atoms with Crippen LogP contribution >= 0.6 is 0 Å². The summed E-state index contributed by atoms with van der Waals surface area (Å²) >= 11 is 0. The van der Waals surface area contributed by atoms with Crippen LogP contribution in [0, 0.1) is 0 Å². The summed E-state index contributed by atoms with van der Waals surface area (Å²) in [6.07, 6.45) is 5.39. The SMILES string of the molecule is O=C(Nc1cccc(CO)c1)c1ccc(Cn2ccnc2)cc1. The largest absolute Gasteiger partial charge is 0.392 e. The summed E-state index contributed by atoms with van der Waals surface area (Å²) in [7, 11) is 0. The number of carbonyl (C=O) groups is 1. The average molecular weight is 307 g/mol. The summed E-state index contributed by atoms with van der Waals surface area (Å²) in [5.74, 6) is -0.172. The first kappa shape index (κ1) is 15.0. The van der Waals surface area contributed by atoms with Crippen molar-refractivity contribution >= 4 is 11.6 Å². The summed E-state index contributed by atoms with van der Waals surface area (Å²) < 4.78 is 1.97. The van der Waals surface area contributed by atoms with Gasteiger partial charge >= 0.3 is 0 Å². The van der Waals surface area contributed by atoms with Gasteiger partial charge in [0.2, 0.25) is 0 Å². The van der Waals surface area contributed by atoms with Gasteiger partial charge in [0.25, 0.3) is 5.91 Å². The second kappa shape index (κ2) is 6.89. The maximum absolute atomic E-state index is 12.3. The number of rotatable bonds is 5. The highest BCUT2D eigenvalue weighted by Gasteiger charge is 2.06. The second-order valence-electron chi connectivity index (χ2n) is 5.24. The minimum absolute atomic E-state index is 0.0490. The normalized spacial score (nSPS) is 10.5. The van der Waals surface area contributed by atoms with E-state index in [4.69, 9.17) is 5.11 Å². The molecule has 0 radical (unpaired) electrons. The molecule has 0 aliphatic heterocycles. The summed E-state index contributed by atoms with van der Waals surface area (Å²) in [5, 5.41) is 12.0. The van der Waals surface area contributed by atoms with Crippen molar-refractivity contribution in [2.45, 2.75) is 13.2 Å². The molecule has 5 nitrogen and oxygen atoms in total. The van der Waals surface area contributed by atoms with Gasteiger partial charge in [-0.15, -0.1) is 0 Å². The highest BCUT2D eigenvalue weighted by molar-refractivity contribution is 6.04. The van der Waals surface area contributed by atoms with Crippen LogP contribution < -0.4 is 5.32 Å². The van der Waals surface area contributed by atoms with Gasteiger partial charge in [-0.1, -0.05) is 24.3 Å². The Bertz CT molecular complexity index is 780. The molecule has 0 saturated carbocycles. The van der Waals surface area contributed by atoms with Crippen molar-refractivity contribution in [2.24, 2.45) is 0 Å². The third-order valence-electron chi connectivity index (χ3n) is 3.51. The molecule has 0 unspecified atom stereocenters. The van der Waals surface area contributed by atoms with Crippen molar-refractivity contribution in [3.8, 4) is 0 Å². The van der Waals surface area contributed by atoms with Gasteiger partial charge in [-0.25, -0.2) is 4.98 Å². The highest BCUT2D eigenvalue weighted by atomic mass is 16.3. The van der Waals surface area contributed by atoms with Crippen LogP contribution in [0.2, 0.25) is 0 Å². The predicted molar refractivity (Wildman–Crippen MR) is 88.1 cm³/mol. The van der Waals surface area contributed by atoms with Crippen LogP contribution in [-0.2, 0) is 13.2 Å². The fourth-order valence-corrected chi connectivity index (χ4v) is 2.30. The quantitative estimate of drug-likeness (QED) is 0.761. The standard InChI is InChI=1S/C18H17N3O2/c22-12-15-2-1-3-17(10-15)20-18(23)16-6-4-14(5-7-16)11-21-9-8-19-13-21/h1-10,13,22H,11-12H2,(H,20,23). The van der Waals surface area contributed by atoms with Crippen LogP contribution in [0.15, 0.2) is 67.3 Å². The fourth-order valence-electron chi connectivity index (χ4n) is 2.30. The molecule has 1 heterocycles. The van der Waals surface area contributed by atoms with E-state index in [0.29, 0.717) is 11.3 Å². The average Bonchev–Trinajstić information content (AvgIpc) is 3.08. The Kier molecular flexibility index (Phi) is 4.49. The van der Waals surface area contributed by atoms with Crippen LogP contribution in [0.4, 0.5) is 5.69 Å². The van der Waals surface area contributed by atoms with Crippen molar-refractivity contribution in [3.63, 3.8) is 0 Å². The number of nitrogens with one attached hydrogen (secondary N) is 1. The van der Waals surface area contributed by atoms with Gasteiger partial charge in [-0.2, -0.15) is 0 Å². The zero-order chi connectivity index (χ0) is 16.1. The first-order chi connectivity index (χ1) is 11.2. The van der Waals surface area contributed by atoms with Gasteiger partial charge in [0, 0.05) is 30.2 Å². The zero-order valence-electron chi connectivity index (χ0n) is 12.5. The second-order valence-corrected chi connectivity index (χ2v) is 5.24. The summed E-state index contributed by atoms with van der Waals surface area (Å²) in [5.41, 5.74) is 3.12. The molecule has 3 aromatic rings. The molecule has 5 heteroatoms. The number of anilines is 1. The zero-order valence-corrected chi connectivity index (χ0v) is 12.5. The third kappa shape index (κ3) is 3.84. The summed E-state index contributed by atoms with van der Waals surface area (Å²) in [6.45, 7) is 0.674. The van der Waals surface area contributed by atoms with Crippen LogP contribution in [0.3, 0.4) is 0 Å². The number of nitrogens with zero attached hydrogens (tertiary/aromatic N) is 2. The molecule has 0 spiro atoms. The highest BCUT2D eigenvalue weighted by Crippen LogP contribution is 2.13. The Morgan fingerprint density at radius 1 is 1.13 bits per heavy atom. The third-order valence-corrected chi connectivity index (χ3v) is 3.51. The number of aliphatic hydroxyl groups is 1. The Hall–Kier alpha value is -2.92. The Morgan fingerprint density at radius 3 is 2.65 bits per heavy atom. The van der Waals surface area contributed by atoms with Crippen molar-refractivity contribution in [1.82, 2.24) is 9.55 Å².